The van der Waals surface area contributed by atoms with E-state index >= 15 is 0 Å². The Kier molecular flexibility index (Phi) is 6.99. The molecule has 0 fully saturated rings. The number of nitrogen functional groups attached to an aromatic ring is 1. The Labute approximate surface area is 113 Å². The molecule has 0 spiro atoms. The number of hydrogen-bond donors (Lipinski definition) is 2. The first-order valence-corrected chi connectivity index (χ1v) is 8.84. The molecule has 0 saturated carbocycles. The molecule has 17 heavy (non-hydrogen) atoms. The van der Waals surface area contributed by atoms with Crippen molar-refractivity contribution in [3.8, 4) is 5.75 Å². The van der Waals surface area contributed by atoms with Gasteiger partial charge in [0.25, 0.3) is 0 Å². The van der Waals surface area contributed by atoms with E-state index in [9.17, 15) is 0 Å². The number of rotatable bonds is 8. The summed E-state index contributed by atoms with van der Waals surface area (Å²) in [6.07, 6.45) is 6.53. The van der Waals surface area contributed by atoms with Crippen LogP contribution < -0.4 is 35.7 Å². The molecule has 1 heterocycles. The normalized spacial score (nSPS) is 10.5. The van der Waals surface area contributed by atoms with Gasteiger partial charge in [0.2, 0.25) is 0 Å². The molecule has 0 atom stereocenters. The second kappa shape index (κ2) is 8.32. The average molecular weight is 351 g/mol. The standard InChI is InChI=1S/C11H20IN4O/c1-3-4-5-6-7-14-10-9(17-12-2)8-15-11(13)16-10/h8H,3-7H2,1-2H3,(H3,13,14,15,16)/q-1. The topological polar surface area (TPSA) is 73.1 Å². The van der Waals surface area contributed by atoms with E-state index in [2.05, 4.69) is 22.2 Å². The minimum atomic E-state index is -0.284. The number of nitrogens with zero attached hydrogens (tertiary/aromatic N) is 2. The number of hydrogen-bond acceptors (Lipinski definition) is 5. The summed E-state index contributed by atoms with van der Waals surface area (Å²) in [6, 6.07) is 0. The van der Waals surface area contributed by atoms with Crippen molar-refractivity contribution in [1.82, 2.24) is 9.97 Å². The summed E-state index contributed by atoms with van der Waals surface area (Å²) in [5.41, 5.74) is 5.57. The van der Waals surface area contributed by atoms with Crippen LogP contribution in [-0.2, 0) is 0 Å². The Morgan fingerprint density at radius 1 is 1.41 bits per heavy atom. The number of alkyl halides is 1. The Balaban J connectivity index is 2.47. The van der Waals surface area contributed by atoms with Crippen LogP contribution in [0.25, 0.3) is 0 Å². The van der Waals surface area contributed by atoms with Crippen LogP contribution in [0.2, 0.25) is 0 Å². The van der Waals surface area contributed by atoms with Crippen molar-refractivity contribution in [3.05, 3.63) is 6.20 Å². The van der Waals surface area contributed by atoms with Gasteiger partial charge in [0.15, 0.2) is 0 Å². The van der Waals surface area contributed by atoms with Gasteiger partial charge in [0, 0.05) is 0 Å². The molecular formula is C11H20IN4O-. The monoisotopic (exact) mass is 351 g/mol. The molecule has 0 saturated heterocycles. The summed E-state index contributed by atoms with van der Waals surface area (Å²) in [6.45, 7) is 3.10. The zero-order valence-corrected chi connectivity index (χ0v) is 12.5. The molecule has 0 radical (unpaired) electrons. The molecule has 5 nitrogen and oxygen atoms in total. The van der Waals surface area contributed by atoms with Gasteiger partial charge in [0.05, 0.1) is 0 Å². The second-order valence-electron chi connectivity index (χ2n) is 3.66. The fraction of sp³-hybridized carbons (Fsp3) is 0.636. The van der Waals surface area contributed by atoms with E-state index < -0.39 is 0 Å². The van der Waals surface area contributed by atoms with Gasteiger partial charge < -0.3 is 0 Å². The van der Waals surface area contributed by atoms with Crippen LogP contribution in [0, 0.1) is 0 Å². The van der Waals surface area contributed by atoms with E-state index in [0.717, 1.165) is 18.8 Å². The number of anilines is 2. The third-order valence-electron chi connectivity index (χ3n) is 2.26. The predicted octanol–water partition coefficient (Wildman–Crippen LogP) is -0.936. The van der Waals surface area contributed by atoms with Gasteiger partial charge in [-0.15, -0.1) is 0 Å². The van der Waals surface area contributed by atoms with Crippen LogP contribution in [0.15, 0.2) is 6.20 Å². The van der Waals surface area contributed by atoms with E-state index in [-0.39, 0.29) is 27.6 Å². The SMILES string of the molecule is CCCCCCNc1nc(N)ncc1O[I-]C. The molecular weight excluding hydrogens is 331 g/mol. The van der Waals surface area contributed by atoms with Crippen LogP contribution in [0.1, 0.15) is 32.6 Å². The van der Waals surface area contributed by atoms with Gasteiger partial charge in [-0.1, -0.05) is 0 Å². The Bertz CT molecular complexity index is 335. The molecule has 0 bridgehead atoms. The molecule has 0 aliphatic carbocycles. The molecule has 98 valence electrons. The summed E-state index contributed by atoms with van der Waals surface area (Å²) in [5.74, 6) is 1.71. The van der Waals surface area contributed by atoms with E-state index in [1.807, 2.05) is 4.93 Å². The Hall–Kier alpha value is -0.790. The van der Waals surface area contributed by atoms with Crippen molar-refractivity contribution in [1.29, 1.82) is 0 Å². The molecule has 3 N–H and O–H groups in total. The molecule has 6 heteroatoms. The van der Waals surface area contributed by atoms with Crippen molar-refractivity contribution in [2.75, 3.05) is 22.5 Å². The maximum absolute atomic E-state index is 5.57. The third-order valence-corrected chi connectivity index (χ3v) is 3.17. The number of halogens is 1. The Morgan fingerprint density at radius 2 is 2.24 bits per heavy atom. The molecule has 0 aliphatic rings. The molecule has 0 aromatic carbocycles. The average Bonchev–Trinajstić information content (AvgIpc) is 2.32. The zero-order chi connectivity index (χ0) is 12.5. The molecule has 1 rings (SSSR count). The van der Waals surface area contributed by atoms with Crippen molar-refractivity contribution in [2.24, 2.45) is 0 Å². The first-order chi connectivity index (χ1) is 8.27. The number of unbranched alkanes of at least 4 members (excludes halogenated alkanes) is 3. The van der Waals surface area contributed by atoms with Crippen LogP contribution >= 0.6 is 0 Å². The predicted molar refractivity (Wildman–Crippen MR) is 65.6 cm³/mol. The minimum absolute atomic E-state index is 0.280. The maximum atomic E-state index is 5.57. The van der Waals surface area contributed by atoms with Gasteiger partial charge in [-0.25, -0.2) is 0 Å². The number of nitrogens with two attached hydrogens (primary N) is 1. The van der Waals surface area contributed by atoms with Crippen molar-refractivity contribution in [3.63, 3.8) is 0 Å². The van der Waals surface area contributed by atoms with E-state index in [1.54, 1.807) is 6.20 Å². The van der Waals surface area contributed by atoms with Gasteiger partial charge >= 0.3 is 113 Å². The summed E-state index contributed by atoms with van der Waals surface area (Å²) in [7, 11) is 0. The van der Waals surface area contributed by atoms with Gasteiger partial charge in [-0.2, -0.15) is 0 Å². The summed E-state index contributed by atoms with van der Waals surface area (Å²) < 4.78 is 5.54. The quantitative estimate of drug-likeness (QED) is 0.360. The van der Waals surface area contributed by atoms with Gasteiger partial charge in [-0.3, -0.25) is 0 Å². The molecule has 0 aliphatic heterocycles. The fourth-order valence-electron chi connectivity index (χ4n) is 1.41. The van der Waals surface area contributed by atoms with E-state index in [1.165, 1.54) is 19.3 Å². The second-order valence-corrected chi connectivity index (χ2v) is 4.98. The van der Waals surface area contributed by atoms with Crippen molar-refractivity contribution in [2.45, 2.75) is 32.6 Å². The third kappa shape index (κ3) is 5.38. The Morgan fingerprint density at radius 3 is 2.94 bits per heavy atom. The summed E-state index contributed by atoms with van der Waals surface area (Å²) in [5, 5.41) is 3.26. The van der Waals surface area contributed by atoms with Gasteiger partial charge in [0.1, 0.15) is 0 Å². The van der Waals surface area contributed by atoms with Crippen LogP contribution in [0.5, 0.6) is 5.75 Å². The van der Waals surface area contributed by atoms with Crippen LogP contribution in [-0.4, -0.2) is 21.4 Å². The summed E-state index contributed by atoms with van der Waals surface area (Å²) >= 11 is -0.284. The first kappa shape index (κ1) is 14.3. The number of aromatic nitrogens is 2. The van der Waals surface area contributed by atoms with Crippen LogP contribution in [0.4, 0.5) is 11.8 Å². The fourth-order valence-corrected chi connectivity index (χ4v) is 2.21. The van der Waals surface area contributed by atoms with Crippen molar-refractivity contribution >= 4 is 11.8 Å². The molecule has 1 aromatic heterocycles. The van der Waals surface area contributed by atoms with E-state index in [0.29, 0.717) is 5.75 Å². The number of nitrogens with one attached hydrogen (secondary N) is 1. The van der Waals surface area contributed by atoms with Crippen molar-refractivity contribution < 1.29 is 24.7 Å². The molecule has 0 amide bonds. The zero-order valence-electron chi connectivity index (χ0n) is 10.4. The summed E-state index contributed by atoms with van der Waals surface area (Å²) in [4.78, 5) is 10.1. The first-order valence-electron chi connectivity index (χ1n) is 5.80. The van der Waals surface area contributed by atoms with E-state index in [4.69, 9.17) is 8.80 Å². The molecule has 1 aromatic rings. The molecule has 0 unspecified atom stereocenters. The van der Waals surface area contributed by atoms with Gasteiger partial charge in [-0.05, 0) is 0 Å². The van der Waals surface area contributed by atoms with Crippen LogP contribution in [0.3, 0.4) is 0 Å².